The van der Waals surface area contributed by atoms with Gasteiger partial charge < -0.3 is 4.74 Å². The zero-order chi connectivity index (χ0) is 11.3. The van der Waals surface area contributed by atoms with Crippen molar-refractivity contribution in [1.29, 1.82) is 0 Å². The SMILES string of the molecule is CC(=O)OCCCc1c(Cl)cccc1I. The summed E-state index contributed by atoms with van der Waals surface area (Å²) in [5.74, 6) is -0.233. The molecule has 0 heterocycles. The highest BCUT2D eigenvalue weighted by Gasteiger charge is 2.04. The Balaban J connectivity index is 2.47. The van der Waals surface area contributed by atoms with Gasteiger partial charge in [0, 0.05) is 15.5 Å². The van der Waals surface area contributed by atoms with Gasteiger partial charge in [0.1, 0.15) is 0 Å². The maximum absolute atomic E-state index is 10.5. The van der Waals surface area contributed by atoms with Crippen molar-refractivity contribution < 1.29 is 9.53 Å². The Labute approximate surface area is 108 Å². The first-order chi connectivity index (χ1) is 7.11. The average Bonchev–Trinajstić information content (AvgIpc) is 2.15. The van der Waals surface area contributed by atoms with Gasteiger partial charge in [0.25, 0.3) is 0 Å². The van der Waals surface area contributed by atoms with Crippen LogP contribution in [0.5, 0.6) is 0 Å². The quantitative estimate of drug-likeness (QED) is 0.477. The normalized spacial score (nSPS) is 10.1. The van der Waals surface area contributed by atoms with E-state index in [1.54, 1.807) is 0 Å². The third kappa shape index (κ3) is 4.38. The molecule has 1 rings (SSSR count). The molecule has 82 valence electrons. The number of rotatable bonds is 4. The summed E-state index contributed by atoms with van der Waals surface area (Å²) in [6.07, 6.45) is 1.64. The molecular weight excluding hydrogens is 326 g/mol. The smallest absolute Gasteiger partial charge is 0.302 e. The molecule has 0 saturated carbocycles. The van der Waals surface area contributed by atoms with Crippen molar-refractivity contribution in [2.45, 2.75) is 19.8 Å². The van der Waals surface area contributed by atoms with Crippen LogP contribution >= 0.6 is 34.2 Å². The molecule has 0 aliphatic rings. The minimum absolute atomic E-state index is 0.233. The summed E-state index contributed by atoms with van der Waals surface area (Å²) < 4.78 is 6.01. The second kappa shape index (κ2) is 6.33. The number of ether oxygens (including phenoxy) is 1. The first-order valence-corrected chi connectivity index (χ1v) is 6.13. The van der Waals surface area contributed by atoms with E-state index in [4.69, 9.17) is 16.3 Å². The molecule has 0 saturated heterocycles. The number of carbonyl (C=O) groups is 1. The predicted molar refractivity (Wildman–Crippen MR) is 69.1 cm³/mol. The molecule has 0 radical (unpaired) electrons. The van der Waals surface area contributed by atoms with E-state index in [1.165, 1.54) is 6.92 Å². The van der Waals surface area contributed by atoms with Gasteiger partial charge in [0.15, 0.2) is 0 Å². The first-order valence-electron chi connectivity index (χ1n) is 4.67. The van der Waals surface area contributed by atoms with Crippen molar-refractivity contribution in [3.8, 4) is 0 Å². The highest BCUT2D eigenvalue weighted by Crippen LogP contribution is 2.22. The van der Waals surface area contributed by atoms with Gasteiger partial charge in [-0.15, -0.1) is 0 Å². The summed E-state index contributed by atoms with van der Waals surface area (Å²) in [5.41, 5.74) is 1.13. The molecule has 0 fully saturated rings. The standard InChI is InChI=1S/C11H12ClIO2/c1-8(14)15-7-3-4-9-10(12)5-2-6-11(9)13/h2,5-6H,3-4,7H2,1H3. The lowest BCUT2D eigenvalue weighted by atomic mass is 10.1. The fourth-order valence-corrected chi connectivity index (χ4v) is 2.43. The Hall–Kier alpha value is -0.290. The third-order valence-corrected chi connectivity index (χ3v) is 3.30. The molecule has 1 aromatic rings. The minimum Gasteiger partial charge on any atom is -0.466 e. The molecular formula is C11H12ClIO2. The van der Waals surface area contributed by atoms with Crippen LogP contribution in [0.3, 0.4) is 0 Å². The van der Waals surface area contributed by atoms with Gasteiger partial charge in [-0.05, 0) is 53.1 Å². The lowest BCUT2D eigenvalue weighted by molar-refractivity contribution is -0.141. The predicted octanol–water partition coefficient (Wildman–Crippen LogP) is 3.44. The Morgan fingerprint density at radius 3 is 2.87 bits per heavy atom. The van der Waals surface area contributed by atoms with Gasteiger partial charge in [-0.25, -0.2) is 0 Å². The van der Waals surface area contributed by atoms with Crippen LogP contribution in [0.25, 0.3) is 0 Å². The van der Waals surface area contributed by atoms with Crippen molar-refractivity contribution in [3.63, 3.8) is 0 Å². The van der Waals surface area contributed by atoms with Crippen LogP contribution in [0, 0.1) is 3.57 Å². The van der Waals surface area contributed by atoms with Crippen LogP contribution < -0.4 is 0 Å². The van der Waals surface area contributed by atoms with E-state index < -0.39 is 0 Å². The molecule has 2 nitrogen and oxygen atoms in total. The maximum Gasteiger partial charge on any atom is 0.302 e. The van der Waals surface area contributed by atoms with Crippen LogP contribution in [0.15, 0.2) is 18.2 Å². The summed E-state index contributed by atoms with van der Waals surface area (Å²) in [7, 11) is 0. The molecule has 0 unspecified atom stereocenters. The number of hydrogen-bond donors (Lipinski definition) is 0. The molecule has 0 aliphatic carbocycles. The van der Waals surface area contributed by atoms with Crippen LogP contribution in [0.4, 0.5) is 0 Å². The fourth-order valence-electron chi connectivity index (χ4n) is 1.24. The van der Waals surface area contributed by atoms with Crippen molar-refractivity contribution in [3.05, 3.63) is 32.4 Å². The highest BCUT2D eigenvalue weighted by atomic mass is 127. The van der Waals surface area contributed by atoms with Crippen molar-refractivity contribution in [2.75, 3.05) is 6.61 Å². The summed E-state index contributed by atoms with van der Waals surface area (Å²) in [6, 6.07) is 5.83. The van der Waals surface area contributed by atoms with E-state index in [9.17, 15) is 4.79 Å². The topological polar surface area (TPSA) is 26.3 Å². The summed E-state index contributed by atoms with van der Waals surface area (Å²) >= 11 is 8.32. The molecule has 0 aromatic heterocycles. The molecule has 0 spiro atoms. The first kappa shape index (κ1) is 12.8. The zero-order valence-electron chi connectivity index (χ0n) is 8.43. The third-order valence-electron chi connectivity index (χ3n) is 1.94. The largest absolute Gasteiger partial charge is 0.466 e. The molecule has 15 heavy (non-hydrogen) atoms. The Bertz CT molecular complexity index is 332. The van der Waals surface area contributed by atoms with E-state index in [-0.39, 0.29) is 5.97 Å². The van der Waals surface area contributed by atoms with E-state index in [0.29, 0.717) is 6.61 Å². The van der Waals surface area contributed by atoms with Crippen LogP contribution in [-0.2, 0) is 16.0 Å². The van der Waals surface area contributed by atoms with Gasteiger partial charge >= 0.3 is 5.97 Å². The van der Waals surface area contributed by atoms with Gasteiger partial charge in [-0.2, -0.15) is 0 Å². The Morgan fingerprint density at radius 2 is 2.27 bits per heavy atom. The lowest BCUT2D eigenvalue weighted by Gasteiger charge is -2.06. The van der Waals surface area contributed by atoms with Gasteiger partial charge in [-0.1, -0.05) is 17.7 Å². The van der Waals surface area contributed by atoms with Gasteiger partial charge in [0.05, 0.1) is 6.61 Å². The molecule has 0 bridgehead atoms. The zero-order valence-corrected chi connectivity index (χ0v) is 11.3. The van der Waals surface area contributed by atoms with E-state index in [0.717, 1.165) is 27.0 Å². The van der Waals surface area contributed by atoms with Crippen molar-refractivity contribution >= 4 is 40.2 Å². The second-order valence-corrected chi connectivity index (χ2v) is 4.71. The molecule has 0 amide bonds. The number of benzene rings is 1. The number of halogens is 2. The summed E-state index contributed by atoms with van der Waals surface area (Å²) in [5, 5.41) is 0.782. The van der Waals surface area contributed by atoms with Gasteiger partial charge in [-0.3, -0.25) is 4.79 Å². The van der Waals surface area contributed by atoms with Crippen molar-refractivity contribution in [1.82, 2.24) is 0 Å². The van der Waals surface area contributed by atoms with Crippen LogP contribution in [0.1, 0.15) is 18.9 Å². The molecule has 4 heteroatoms. The fraction of sp³-hybridized carbons (Fsp3) is 0.364. The second-order valence-electron chi connectivity index (χ2n) is 3.14. The number of esters is 1. The maximum atomic E-state index is 10.5. The number of hydrogen-bond acceptors (Lipinski definition) is 2. The van der Waals surface area contributed by atoms with E-state index >= 15 is 0 Å². The van der Waals surface area contributed by atoms with E-state index in [2.05, 4.69) is 22.6 Å². The summed E-state index contributed by atoms with van der Waals surface area (Å²) in [4.78, 5) is 10.5. The minimum atomic E-state index is -0.233. The van der Waals surface area contributed by atoms with Crippen LogP contribution in [0.2, 0.25) is 5.02 Å². The molecule has 0 aliphatic heterocycles. The van der Waals surface area contributed by atoms with Gasteiger partial charge in [0.2, 0.25) is 0 Å². The van der Waals surface area contributed by atoms with E-state index in [1.807, 2.05) is 18.2 Å². The highest BCUT2D eigenvalue weighted by molar-refractivity contribution is 14.1. The lowest BCUT2D eigenvalue weighted by Crippen LogP contribution is -2.02. The molecule has 0 N–H and O–H groups in total. The number of carbonyl (C=O) groups excluding carboxylic acids is 1. The average molecular weight is 339 g/mol. The van der Waals surface area contributed by atoms with Crippen molar-refractivity contribution in [2.24, 2.45) is 0 Å². The monoisotopic (exact) mass is 338 g/mol. The Kier molecular flexibility index (Phi) is 5.39. The summed E-state index contributed by atoms with van der Waals surface area (Å²) in [6.45, 7) is 1.87. The Morgan fingerprint density at radius 1 is 1.53 bits per heavy atom. The molecule has 1 aromatic carbocycles. The molecule has 0 atom stereocenters. The van der Waals surface area contributed by atoms with Crippen LogP contribution in [-0.4, -0.2) is 12.6 Å².